The van der Waals surface area contributed by atoms with Crippen LogP contribution in [-0.4, -0.2) is 34.2 Å². The smallest absolute Gasteiger partial charge is 0.266 e. The lowest BCUT2D eigenvalue weighted by Gasteiger charge is -2.17. The zero-order valence-electron chi connectivity index (χ0n) is 16.5. The molecule has 1 amide bonds. The van der Waals surface area contributed by atoms with Gasteiger partial charge in [-0.05, 0) is 80.2 Å². The Hall–Kier alpha value is -2.35. The lowest BCUT2D eigenvalue weighted by atomic mass is 10.3. The number of hydrogen-bond acceptors (Lipinski definition) is 6. The highest BCUT2D eigenvalue weighted by Crippen LogP contribution is 2.47. The molecule has 5 nitrogen and oxygen atoms in total. The van der Waals surface area contributed by atoms with Crippen molar-refractivity contribution in [1.82, 2.24) is 4.90 Å². The minimum atomic E-state index is -0.0523. The molecule has 0 spiro atoms. The molecular weight excluding hydrogens is 438 g/mol. The van der Waals surface area contributed by atoms with Gasteiger partial charge in [0.15, 0.2) is 5.17 Å². The van der Waals surface area contributed by atoms with Gasteiger partial charge in [-0.15, -0.1) is 0 Å². The Morgan fingerprint density at radius 2 is 1.77 bits per heavy atom. The summed E-state index contributed by atoms with van der Waals surface area (Å²) in [7, 11) is 0. The lowest BCUT2D eigenvalue weighted by molar-refractivity contribution is -0.122. The van der Waals surface area contributed by atoms with Gasteiger partial charge in [0, 0.05) is 23.0 Å². The summed E-state index contributed by atoms with van der Waals surface area (Å²) in [5, 5.41) is 11.9. The summed E-state index contributed by atoms with van der Waals surface area (Å²) in [4.78, 5) is 23.1. The van der Waals surface area contributed by atoms with Crippen molar-refractivity contribution < 1.29 is 9.90 Å². The van der Waals surface area contributed by atoms with Crippen molar-refractivity contribution in [2.45, 2.75) is 18.7 Å². The molecule has 2 heterocycles. The first kappa shape index (κ1) is 20.9. The number of aromatic hydroxyl groups is 1. The molecule has 1 saturated heterocycles. The quantitative estimate of drug-likeness (QED) is 0.572. The highest BCUT2D eigenvalue weighted by molar-refractivity contribution is 8.18. The van der Waals surface area contributed by atoms with Crippen LogP contribution in [-0.2, 0) is 4.79 Å². The number of fused-ring (bicyclic) bond motifs is 1. The number of aliphatic imine (C=N–C) groups is 1. The molecule has 2 aromatic rings. The first-order chi connectivity index (χ1) is 14.5. The van der Waals surface area contributed by atoms with Crippen molar-refractivity contribution in [2.24, 2.45) is 4.99 Å². The van der Waals surface area contributed by atoms with Crippen LogP contribution in [0, 0.1) is 0 Å². The highest BCUT2D eigenvalue weighted by Gasteiger charge is 2.32. The van der Waals surface area contributed by atoms with Crippen LogP contribution in [0.4, 0.5) is 11.4 Å². The van der Waals surface area contributed by atoms with E-state index in [-0.39, 0.29) is 11.7 Å². The molecule has 30 heavy (non-hydrogen) atoms. The monoisotopic (exact) mass is 457 g/mol. The van der Waals surface area contributed by atoms with Crippen molar-refractivity contribution in [3.63, 3.8) is 0 Å². The number of nitrogens with zero attached hydrogens (tertiary/aromatic N) is 3. The standard InChI is InChI=1S/C22H20ClN3O2S2/c1-3-25-17-13-14(23)5-10-18(17)29-20(25)12-11-19-21(28)26(4-2)22(30-19)24-15-6-8-16(27)9-7-15/h5-13,27H,3-4H2,1-2H3/b19-11-,20-12+,24-22?. The average Bonchev–Trinajstić information content (AvgIpc) is 3.23. The third kappa shape index (κ3) is 4.10. The number of carbonyl (C=O) groups is 1. The maximum absolute atomic E-state index is 12.9. The number of carbonyl (C=O) groups excluding carboxylic acids is 1. The molecular formula is C22H20ClN3O2S2. The van der Waals surface area contributed by atoms with E-state index in [1.165, 1.54) is 11.8 Å². The van der Waals surface area contributed by atoms with Crippen molar-refractivity contribution in [2.75, 3.05) is 18.0 Å². The first-order valence-electron chi connectivity index (χ1n) is 9.54. The van der Waals surface area contributed by atoms with Crippen molar-refractivity contribution >= 4 is 57.6 Å². The van der Waals surface area contributed by atoms with Gasteiger partial charge in [-0.2, -0.15) is 0 Å². The minimum absolute atomic E-state index is 0.0523. The summed E-state index contributed by atoms with van der Waals surface area (Å²) in [6.45, 7) is 5.37. The fraction of sp³-hybridized carbons (Fsp3) is 0.182. The first-order valence-corrected chi connectivity index (χ1v) is 11.6. The molecule has 0 saturated carbocycles. The number of amides is 1. The number of rotatable bonds is 4. The van der Waals surface area contributed by atoms with E-state index in [0.29, 0.717) is 27.3 Å². The number of phenolic OH excluding ortho intramolecular Hbond substituents is 1. The molecule has 8 heteroatoms. The van der Waals surface area contributed by atoms with E-state index in [9.17, 15) is 9.90 Å². The van der Waals surface area contributed by atoms with Crippen LogP contribution >= 0.6 is 35.1 Å². The van der Waals surface area contributed by atoms with Crippen LogP contribution in [0.5, 0.6) is 5.75 Å². The van der Waals surface area contributed by atoms with Crippen LogP contribution in [0.25, 0.3) is 0 Å². The molecule has 1 fully saturated rings. The molecule has 4 rings (SSSR count). The molecule has 2 aliphatic rings. The number of halogens is 1. The maximum Gasteiger partial charge on any atom is 0.266 e. The Morgan fingerprint density at radius 1 is 1.03 bits per heavy atom. The molecule has 0 radical (unpaired) electrons. The molecule has 1 N–H and O–H groups in total. The van der Waals surface area contributed by atoms with Gasteiger partial charge in [-0.3, -0.25) is 9.69 Å². The van der Waals surface area contributed by atoms with Crippen molar-refractivity contribution in [1.29, 1.82) is 0 Å². The zero-order valence-corrected chi connectivity index (χ0v) is 18.9. The number of hydrogen-bond donors (Lipinski definition) is 1. The Bertz CT molecular complexity index is 1080. The lowest BCUT2D eigenvalue weighted by Crippen LogP contribution is -2.28. The summed E-state index contributed by atoms with van der Waals surface area (Å²) in [6, 6.07) is 12.5. The second kappa shape index (κ2) is 8.79. The van der Waals surface area contributed by atoms with Crippen LogP contribution in [0.3, 0.4) is 0 Å². The Balaban J connectivity index is 1.61. The van der Waals surface area contributed by atoms with Crippen LogP contribution in [0.1, 0.15) is 13.8 Å². The summed E-state index contributed by atoms with van der Waals surface area (Å²) in [6.07, 6.45) is 3.85. The normalized spacial score (nSPS) is 20.1. The van der Waals surface area contributed by atoms with Gasteiger partial charge < -0.3 is 10.0 Å². The third-order valence-corrected chi connectivity index (χ3v) is 7.06. The number of amidine groups is 1. The van der Waals surface area contributed by atoms with Crippen LogP contribution in [0.2, 0.25) is 5.02 Å². The SMILES string of the molecule is CCN1C(=O)/C(=C/C=C2/Sc3ccc(Cl)cc3N2CC)SC1=Nc1ccc(O)cc1. The van der Waals surface area contributed by atoms with E-state index in [2.05, 4.69) is 16.8 Å². The van der Waals surface area contributed by atoms with Gasteiger partial charge in [0.2, 0.25) is 0 Å². The summed E-state index contributed by atoms with van der Waals surface area (Å²) in [5.41, 5.74) is 1.78. The minimum Gasteiger partial charge on any atom is -0.508 e. The second-order valence-electron chi connectivity index (χ2n) is 6.56. The number of thioether (sulfide) groups is 2. The Morgan fingerprint density at radius 3 is 2.47 bits per heavy atom. The maximum atomic E-state index is 12.9. The van der Waals surface area contributed by atoms with E-state index in [1.54, 1.807) is 40.9 Å². The van der Waals surface area contributed by atoms with Gasteiger partial charge in [0.25, 0.3) is 5.91 Å². The molecule has 0 aliphatic carbocycles. The molecule has 0 atom stereocenters. The average molecular weight is 458 g/mol. The topological polar surface area (TPSA) is 56.1 Å². The largest absolute Gasteiger partial charge is 0.508 e. The van der Waals surface area contributed by atoms with E-state index < -0.39 is 0 Å². The van der Waals surface area contributed by atoms with Gasteiger partial charge in [0.05, 0.1) is 21.3 Å². The van der Waals surface area contributed by atoms with Crippen LogP contribution in [0.15, 0.2) is 74.4 Å². The molecule has 0 aromatic heterocycles. The zero-order chi connectivity index (χ0) is 21.3. The van der Waals surface area contributed by atoms with E-state index in [0.717, 1.165) is 22.2 Å². The molecule has 154 valence electrons. The van der Waals surface area contributed by atoms with Gasteiger partial charge in [0.1, 0.15) is 5.75 Å². The van der Waals surface area contributed by atoms with Crippen molar-refractivity contribution in [3.8, 4) is 5.75 Å². The van der Waals surface area contributed by atoms with Gasteiger partial charge in [-0.25, -0.2) is 4.99 Å². The van der Waals surface area contributed by atoms with E-state index in [1.807, 2.05) is 37.3 Å². The Labute approximate surface area is 189 Å². The van der Waals surface area contributed by atoms with Gasteiger partial charge in [-0.1, -0.05) is 23.4 Å². The summed E-state index contributed by atoms with van der Waals surface area (Å²) < 4.78 is 0. The fourth-order valence-electron chi connectivity index (χ4n) is 3.19. The van der Waals surface area contributed by atoms with E-state index >= 15 is 0 Å². The Kier molecular flexibility index (Phi) is 6.13. The summed E-state index contributed by atoms with van der Waals surface area (Å²) >= 11 is 9.20. The molecule has 0 unspecified atom stereocenters. The van der Waals surface area contributed by atoms with E-state index in [4.69, 9.17) is 11.6 Å². The second-order valence-corrected chi connectivity index (χ2v) is 9.06. The number of phenols is 1. The van der Waals surface area contributed by atoms with Crippen molar-refractivity contribution in [3.05, 3.63) is 69.6 Å². The van der Waals surface area contributed by atoms with Gasteiger partial charge >= 0.3 is 0 Å². The van der Waals surface area contributed by atoms with Crippen LogP contribution < -0.4 is 4.90 Å². The summed E-state index contributed by atoms with van der Waals surface area (Å²) in [5.74, 6) is 0.133. The fourth-order valence-corrected chi connectivity index (χ4v) is 5.47. The molecule has 2 aliphatic heterocycles. The highest BCUT2D eigenvalue weighted by atomic mass is 35.5. The molecule has 2 aromatic carbocycles. The number of anilines is 1. The predicted octanol–water partition coefficient (Wildman–Crippen LogP) is 5.99. The number of allylic oxidation sites excluding steroid dienone is 2. The predicted molar refractivity (Wildman–Crippen MR) is 127 cm³/mol. The number of likely N-dealkylation sites (N-methyl/N-ethyl adjacent to an activating group) is 1. The number of benzene rings is 2. The molecule has 0 bridgehead atoms. The third-order valence-electron chi connectivity index (χ3n) is 4.66.